The maximum atomic E-state index is 12.7. The highest BCUT2D eigenvalue weighted by atomic mass is 32.2. The molecule has 6 nitrogen and oxygen atoms in total. The van der Waals surface area contributed by atoms with E-state index < -0.39 is 10.0 Å². The summed E-state index contributed by atoms with van der Waals surface area (Å²) in [7, 11) is -3.31. The molecule has 0 aliphatic carbocycles. The third-order valence-corrected chi connectivity index (χ3v) is 6.57. The molecule has 2 heterocycles. The molecular formula is C14H19N3O3S. The SMILES string of the molecule is CCC1(CC)CCN1S(=O)(=O)Cc1ccc2nonc2c1. The summed E-state index contributed by atoms with van der Waals surface area (Å²) in [6.45, 7) is 4.73. The van der Waals surface area contributed by atoms with E-state index in [-0.39, 0.29) is 11.3 Å². The lowest BCUT2D eigenvalue weighted by Gasteiger charge is -2.51. The summed E-state index contributed by atoms with van der Waals surface area (Å²) < 4.78 is 31.6. The zero-order valence-corrected chi connectivity index (χ0v) is 13.1. The van der Waals surface area contributed by atoms with E-state index >= 15 is 0 Å². The Labute approximate surface area is 124 Å². The van der Waals surface area contributed by atoms with Crippen LogP contribution in [0.4, 0.5) is 0 Å². The fourth-order valence-corrected chi connectivity index (χ4v) is 5.18. The molecule has 1 aromatic heterocycles. The van der Waals surface area contributed by atoms with Crippen LogP contribution in [0.3, 0.4) is 0 Å². The minimum absolute atomic E-state index is 0.00243. The van der Waals surface area contributed by atoms with Gasteiger partial charge >= 0.3 is 0 Å². The highest BCUT2D eigenvalue weighted by Gasteiger charge is 2.48. The van der Waals surface area contributed by atoms with E-state index in [4.69, 9.17) is 0 Å². The van der Waals surface area contributed by atoms with Crippen LogP contribution in [0.15, 0.2) is 22.8 Å². The smallest absolute Gasteiger partial charge is 0.218 e. The van der Waals surface area contributed by atoms with E-state index in [2.05, 4.69) is 28.8 Å². The van der Waals surface area contributed by atoms with Crippen LogP contribution in [0.25, 0.3) is 11.0 Å². The average molecular weight is 309 g/mol. The predicted molar refractivity (Wildman–Crippen MR) is 79.1 cm³/mol. The Morgan fingerprint density at radius 2 is 1.95 bits per heavy atom. The van der Waals surface area contributed by atoms with Crippen LogP contribution in [-0.4, -0.2) is 35.1 Å². The Balaban J connectivity index is 1.86. The van der Waals surface area contributed by atoms with E-state index in [9.17, 15) is 8.42 Å². The number of benzene rings is 1. The van der Waals surface area contributed by atoms with E-state index in [1.54, 1.807) is 22.5 Å². The van der Waals surface area contributed by atoms with Gasteiger partial charge in [-0.2, -0.15) is 4.31 Å². The summed E-state index contributed by atoms with van der Waals surface area (Å²) in [5.41, 5.74) is 1.75. The van der Waals surface area contributed by atoms with Crippen molar-refractivity contribution in [3.63, 3.8) is 0 Å². The Hall–Kier alpha value is -1.47. The van der Waals surface area contributed by atoms with Gasteiger partial charge < -0.3 is 0 Å². The molecule has 0 amide bonds. The lowest BCUT2D eigenvalue weighted by atomic mass is 9.83. The Morgan fingerprint density at radius 1 is 1.24 bits per heavy atom. The highest BCUT2D eigenvalue weighted by molar-refractivity contribution is 7.88. The van der Waals surface area contributed by atoms with Crippen LogP contribution in [0.5, 0.6) is 0 Å². The third-order valence-electron chi connectivity index (χ3n) is 4.63. The van der Waals surface area contributed by atoms with Crippen LogP contribution in [-0.2, 0) is 15.8 Å². The number of nitrogens with zero attached hydrogens (tertiary/aromatic N) is 3. The van der Waals surface area contributed by atoms with E-state index in [1.165, 1.54) is 0 Å². The minimum atomic E-state index is -3.31. The van der Waals surface area contributed by atoms with E-state index in [0.29, 0.717) is 23.1 Å². The second-order valence-corrected chi connectivity index (χ2v) is 7.49. The van der Waals surface area contributed by atoms with Gasteiger partial charge in [0.2, 0.25) is 10.0 Å². The van der Waals surface area contributed by atoms with Crippen molar-refractivity contribution < 1.29 is 13.0 Å². The fraction of sp³-hybridized carbons (Fsp3) is 0.571. The molecule has 0 N–H and O–H groups in total. The summed E-state index contributed by atoms with van der Waals surface area (Å²) in [4.78, 5) is 0. The van der Waals surface area contributed by atoms with Crippen LogP contribution in [0.2, 0.25) is 0 Å². The topological polar surface area (TPSA) is 76.3 Å². The van der Waals surface area contributed by atoms with Crippen molar-refractivity contribution in [1.29, 1.82) is 0 Å². The maximum Gasteiger partial charge on any atom is 0.218 e. The van der Waals surface area contributed by atoms with Crippen molar-refractivity contribution in [2.45, 2.75) is 44.4 Å². The summed E-state index contributed by atoms with van der Waals surface area (Å²) >= 11 is 0. The molecular weight excluding hydrogens is 290 g/mol. The molecule has 1 saturated heterocycles. The Bertz CT molecular complexity index is 744. The first-order valence-electron chi connectivity index (χ1n) is 7.22. The number of hydrogen-bond donors (Lipinski definition) is 0. The monoisotopic (exact) mass is 309 g/mol. The zero-order valence-electron chi connectivity index (χ0n) is 12.2. The summed E-state index contributed by atoms with van der Waals surface area (Å²) in [5, 5.41) is 7.48. The number of rotatable bonds is 5. The van der Waals surface area contributed by atoms with Gasteiger partial charge in [0.15, 0.2) is 0 Å². The zero-order chi connectivity index (χ0) is 15.1. The van der Waals surface area contributed by atoms with E-state index in [1.807, 2.05) is 0 Å². The molecule has 0 radical (unpaired) electrons. The van der Waals surface area contributed by atoms with Crippen LogP contribution < -0.4 is 0 Å². The van der Waals surface area contributed by atoms with Gasteiger partial charge in [-0.1, -0.05) is 19.9 Å². The van der Waals surface area contributed by atoms with Crippen LogP contribution in [0.1, 0.15) is 38.7 Å². The molecule has 0 spiro atoms. The molecule has 2 aromatic rings. The van der Waals surface area contributed by atoms with Gasteiger partial charge in [0, 0.05) is 12.1 Å². The standard InChI is InChI=1S/C14H19N3O3S/c1-3-14(4-2)7-8-17(14)21(18,19)10-11-5-6-12-13(9-11)16-20-15-12/h5-6,9H,3-4,7-8,10H2,1-2H3. The molecule has 21 heavy (non-hydrogen) atoms. The highest BCUT2D eigenvalue weighted by Crippen LogP contribution is 2.40. The van der Waals surface area contributed by atoms with Crippen molar-refractivity contribution in [2.75, 3.05) is 6.54 Å². The third kappa shape index (κ3) is 2.34. The molecule has 1 aliphatic heterocycles. The molecule has 1 aromatic carbocycles. The Morgan fingerprint density at radius 3 is 2.57 bits per heavy atom. The summed E-state index contributed by atoms with van der Waals surface area (Å²) in [6, 6.07) is 5.23. The van der Waals surface area contributed by atoms with Crippen molar-refractivity contribution in [1.82, 2.24) is 14.6 Å². The quantitative estimate of drug-likeness (QED) is 0.847. The fourth-order valence-electron chi connectivity index (χ4n) is 3.12. The first-order valence-corrected chi connectivity index (χ1v) is 8.83. The molecule has 3 rings (SSSR count). The van der Waals surface area contributed by atoms with Gasteiger partial charge in [-0.15, -0.1) is 0 Å². The maximum absolute atomic E-state index is 12.7. The summed E-state index contributed by atoms with van der Waals surface area (Å²) in [5.74, 6) is -0.00243. The second kappa shape index (κ2) is 5.06. The van der Waals surface area contributed by atoms with Gasteiger partial charge in [0.1, 0.15) is 11.0 Å². The van der Waals surface area contributed by atoms with Gasteiger partial charge in [-0.3, -0.25) is 0 Å². The minimum Gasteiger partial charge on any atom is -0.243 e. The largest absolute Gasteiger partial charge is 0.243 e. The molecule has 0 unspecified atom stereocenters. The van der Waals surface area contributed by atoms with Gasteiger partial charge in [-0.05, 0) is 47.3 Å². The van der Waals surface area contributed by atoms with E-state index in [0.717, 1.165) is 19.3 Å². The first kappa shape index (κ1) is 14.5. The van der Waals surface area contributed by atoms with Crippen molar-refractivity contribution in [3.8, 4) is 0 Å². The van der Waals surface area contributed by atoms with Gasteiger partial charge in [0.25, 0.3) is 0 Å². The first-order chi connectivity index (χ1) is 10.0. The molecule has 7 heteroatoms. The lowest BCUT2D eigenvalue weighted by molar-refractivity contribution is 0.0624. The lowest BCUT2D eigenvalue weighted by Crippen LogP contribution is -2.61. The number of fused-ring (bicyclic) bond motifs is 1. The Kier molecular flexibility index (Phi) is 3.49. The average Bonchev–Trinajstić information content (AvgIpc) is 2.85. The molecule has 114 valence electrons. The van der Waals surface area contributed by atoms with Crippen LogP contribution >= 0.6 is 0 Å². The molecule has 0 bridgehead atoms. The second-order valence-electron chi connectivity index (χ2n) is 5.60. The normalized spacial score (nSPS) is 18.8. The molecule has 0 atom stereocenters. The number of hydrogen-bond acceptors (Lipinski definition) is 5. The molecule has 0 saturated carbocycles. The molecule has 1 aliphatic rings. The van der Waals surface area contributed by atoms with Crippen molar-refractivity contribution in [3.05, 3.63) is 23.8 Å². The summed E-state index contributed by atoms with van der Waals surface area (Å²) in [6.07, 6.45) is 2.66. The number of aromatic nitrogens is 2. The number of sulfonamides is 1. The van der Waals surface area contributed by atoms with Crippen molar-refractivity contribution in [2.24, 2.45) is 0 Å². The van der Waals surface area contributed by atoms with Gasteiger partial charge in [0.05, 0.1) is 5.75 Å². The predicted octanol–water partition coefficient (Wildman–Crippen LogP) is 2.32. The van der Waals surface area contributed by atoms with Crippen molar-refractivity contribution >= 4 is 21.1 Å². The van der Waals surface area contributed by atoms with Gasteiger partial charge in [-0.25, -0.2) is 13.0 Å². The van der Waals surface area contributed by atoms with Crippen LogP contribution in [0, 0.1) is 0 Å². The molecule has 1 fully saturated rings.